The largest absolute Gasteiger partial charge is 0.417 e. The smallest absolute Gasteiger partial charge is 0.326 e. The molecule has 0 spiro atoms. The van der Waals surface area contributed by atoms with Crippen LogP contribution in [0.4, 0.5) is 17.6 Å². The van der Waals surface area contributed by atoms with Crippen LogP contribution in [0.3, 0.4) is 0 Å². The number of halogens is 4. The molecular formula is C13H10F4N2S. The average molecular weight is 302 g/mol. The van der Waals surface area contributed by atoms with Gasteiger partial charge >= 0.3 is 6.18 Å². The standard InChI is InChI=1S/C13H10F4N2S/c14-10-3-8(6-18)4-11(5-10)20-12-2-1-9(7-19-12)13(15,16)17/h1-5,7H,6,18H2. The van der Waals surface area contributed by atoms with Crippen molar-refractivity contribution in [3.05, 3.63) is 53.5 Å². The van der Waals surface area contributed by atoms with E-state index in [2.05, 4.69) is 4.98 Å². The summed E-state index contributed by atoms with van der Waals surface area (Å²) in [5, 5.41) is 0.353. The Hall–Kier alpha value is -1.60. The van der Waals surface area contributed by atoms with E-state index in [-0.39, 0.29) is 6.54 Å². The van der Waals surface area contributed by atoms with Crippen LogP contribution < -0.4 is 5.73 Å². The minimum Gasteiger partial charge on any atom is -0.326 e. The number of nitrogens with two attached hydrogens (primary N) is 1. The van der Waals surface area contributed by atoms with Crippen LogP contribution in [-0.4, -0.2) is 4.98 Å². The molecule has 0 saturated heterocycles. The fraction of sp³-hybridized carbons (Fsp3) is 0.154. The quantitative estimate of drug-likeness (QED) is 0.875. The Morgan fingerprint density at radius 3 is 2.45 bits per heavy atom. The maximum absolute atomic E-state index is 13.3. The lowest BCUT2D eigenvalue weighted by atomic mass is 10.2. The molecule has 0 amide bonds. The summed E-state index contributed by atoms with van der Waals surface area (Å²) in [4.78, 5) is 4.25. The van der Waals surface area contributed by atoms with Gasteiger partial charge in [-0.05, 0) is 35.9 Å². The molecule has 0 unspecified atom stereocenters. The number of hydrogen-bond donors (Lipinski definition) is 1. The van der Waals surface area contributed by atoms with Crippen LogP contribution in [0, 0.1) is 5.82 Å². The summed E-state index contributed by atoms with van der Waals surface area (Å²) in [6.07, 6.45) is -3.66. The Morgan fingerprint density at radius 2 is 1.90 bits per heavy atom. The summed E-state index contributed by atoms with van der Waals surface area (Å²) in [6.45, 7) is 0.186. The Morgan fingerprint density at radius 1 is 1.15 bits per heavy atom. The van der Waals surface area contributed by atoms with Gasteiger partial charge in [-0.2, -0.15) is 13.2 Å². The Balaban J connectivity index is 2.20. The molecule has 2 nitrogen and oxygen atoms in total. The third kappa shape index (κ3) is 3.71. The minimum atomic E-state index is -4.41. The molecule has 106 valence electrons. The zero-order chi connectivity index (χ0) is 14.8. The van der Waals surface area contributed by atoms with E-state index in [1.54, 1.807) is 6.07 Å². The lowest BCUT2D eigenvalue weighted by Crippen LogP contribution is -2.05. The predicted molar refractivity (Wildman–Crippen MR) is 67.7 cm³/mol. The number of pyridine rings is 1. The van der Waals surface area contributed by atoms with Gasteiger partial charge < -0.3 is 5.73 Å². The van der Waals surface area contributed by atoms with Crippen molar-refractivity contribution < 1.29 is 17.6 Å². The first-order valence-electron chi connectivity index (χ1n) is 5.59. The first-order valence-corrected chi connectivity index (χ1v) is 6.41. The molecule has 1 aromatic carbocycles. The van der Waals surface area contributed by atoms with Crippen LogP contribution in [0.2, 0.25) is 0 Å². The third-order valence-corrected chi connectivity index (χ3v) is 3.37. The number of nitrogens with zero attached hydrogens (tertiary/aromatic N) is 1. The van der Waals surface area contributed by atoms with E-state index in [4.69, 9.17) is 5.73 Å². The second kappa shape index (κ2) is 5.80. The van der Waals surface area contributed by atoms with Crippen LogP contribution in [-0.2, 0) is 12.7 Å². The molecule has 0 aliphatic rings. The number of rotatable bonds is 3. The Kier molecular flexibility index (Phi) is 4.29. The highest BCUT2D eigenvalue weighted by molar-refractivity contribution is 7.99. The van der Waals surface area contributed by atoms with Crippen LogP contribution >= 0.6 is 11.8 Å². The van der Waals surface area contributed by atoms with E-state index < -0.39 is 17.6 Å². The molecule has 0 saturated carbocycles. The number of hydrogen-bond acceptors (Lipinski definition) is 3. The third-order valence-electron chi connectivity index (χ3n) is 2.45. The molecular weight excluding hydrogens is 292 g/mol. The molecule has 2 aromatic rings. The van der Waals surface area contributed by atoms with Crippen molar-refractivity contribution in [2.75, 3.05) is 0 Å². The van der Waals surface area contributed by atoms with E-state index >= 15 is 0 Å². The van der Waals surface area contributed by atoms with Gasteiger partial charge in [0.1, 0.15) is 10.8 Å². The van der Waals surface area contributed by atoms with Crippen molar-refractivity contribution in [1.82, 2.24) is 4.98 Å². The summed E-state index contributed by atoms with van der Waals surface area (Å²) < 4.78 is 50.5. The fourth-order valence-electron chi connectivity index (χ4n) is 1.53. The van der Waals surface area contributed by atoms with Gasteiger partial charge in [-0.25, -0.2) is 9.37 Å². The minimum absolute atomic E-state index is 0.186. The van der Waals surface area contributed by atoms with E-state index in [9.17, 15) is 17.6 Å². The Bertz CT molecular complexity index is 596. The molecule has 2 rings (SSSR count). The molecule has 0 bridgehead atoms. The molecule has 0 radical (unpaired) electrons. The van der Waals surface area contributed by atoms with E-state index in [1.165, 1.54) is 18.2 Å². The summed E-state index contributed by atoms with van der Waals surface area (Å²) in [5.41, 5.74) is 5.23. The molecule has 1 aromatic heterocycles. The lowest BCUT2D eigenvalue weighted by Gasteiger charge is -2.07. The van der Waals surface area contributed by atoms with Gasteiger partial charge in [0.15, 0.2) is 0 Å². The molecule has 7 heteroatoms. The van der Waals surface area contributed by atoms with Crippen LogP contribution in [0.1, 0.15) is 11.1 Å². The highest BCUT2D eigenvalue weighted by Gasteiger charge is 2.30. The second-order valence-corrected chi connectivity index (χ2v) is 5.08. The van der Waals surface area contributed by atoms with E-state index in [0.29, 0.717) is 15.5 Å². The van der Waals surface area contributed by atoms with Gasteiger partial charge in [0.25, 0.3) is 0 Å². The van der Waals surface area contributed by atoms with E-state index in [0.717, 1.165) is 24.0 Å². The normalized spacial score (nSPS) is 11.7. The Labute approximate surface area is 117 Å². The van der Waals surface area contributed by atoms with Gasteiger partial charge in [-0.1, -0.05) is 11.8 Å². The van der Waals surface area contributed by atoms with Crippen molar-refractivity contribution in [1.29, 1.82) is 0 Å². The van der Waals surface area contributed by atoms with Crippen molar-refractivity contribution in [2.24, 2.45) is 5.73 Å². The summed E-state index contributed by atoms with van der Waals surface area (Å²) in [7, 11) is 0. The van der Waals surface area contributed by atoms with Crippen molar-refractivity contribution in [3.8, 4) is 0 Å². The van der Waals surface area contributed by atoms with Crippen LogP contribution in [0.15, 0.2) is 46.5 Å². The van der Waals surface area contributed by atoms with Crippen molar-refractivity contribution in [3.63, 3.8) is 0 Å². The van der Waals surface area contributed by atoms with Crippen molar-refractivity contribution in [2.45, 2.75) is 22.6 Å². The first-order chi connectivity index (χ1) is 9.38. The van der Waals surface area contributed by atoms with Gasteiger partial charge in [-0.15, -0.1) is 0 Å². The monoisotopic (exact) mass is 302 g/mol. The van der Waals surface area contributed by atoms with Gasteiger partial charge in [0, 0.05) is 17.6 Å². The van der Waals surface area contributed by atoms with E-state index in [1.807, 2.05) is 0 Å². The topological polar surface area (TPSA) is 38.9 Å². The zero-order valence-corrected chi connectivity index (χ0v) is 10.9. The molecule has 0 aliphatic heterocycles. The SMILES string of the molecule is NCc1cc(F)cc(Sc2ccc(C(F)(F)F)cn2)c1. The maximum atomic E-state index is 13.3. The summed E-state index contributed by atoms with van der Waals surface area (Å²) in [6, 6.07) is 6.46. The first kappa shape index (κ1) is 14.8. The van der Waals surface area contributed by atoms with Gasteiger partial charge in [-0.3, -0.25) is 0 Å². The maximum Gasteiger partial charge on any atom is 0.417 e. The molecule has 1 heterocycles. The molecule has 0 aliphatic carbocycles. The molecule has 0 fully saturated rings. The lowest BCUT2D eigenvalue weighted by molar-refractivity contribution is -0.137. The van der Waals surface area contributed by atoms with Crippen LogP contribution in [0.5, 0.6) is 0 Å². The molecule has 0 atom stereocenters. The number of benzene rings is 1. The van der Waals surface area contributed by atoms with Gasteiger partial charge in [0.05, 0.1) is 5.56 Å². The fourth-order valence-corrected chi connectivity index (χ4v) is 2.39. The second-order valence-electron chi connectivity index (χ2n) is 3.98. The summed E-state index contributed by atoms with van der Waals surface area (Å²) in [5.74, 6) is -0.442. The number of aromatic nitrogens is 1. The molecule has 20 heavy (non-hydrogen) atoms. The average Bonchev–Trinajstić information content (AvgIpc) is 2.37. The highest BCUT2D eigenvalue weighted by atomic mass is 32.2. The molecule has 2 N–H and O–H groups in total. The van der Waals surface area contributed by atoms with Crippen LogP contribution in [0.25, 0.3) is 0 Å². The predicted octanol–water partition coefficient (Wildman–Crippen LogP) is 3.85. The summed E-state index contributed by atoms with van der Waals surface area (Å²) >= 11 is 1.08. The number of alkyl halides is 3. The van der Waals surface area contributed by atoms with Crippen molar-refractivity contribution >= 4 is 11.8 Å². The van der Waals surface area contributed by atoms with Gasteiger partial charge in [0.2, 0.25) is 0 Å². The zero-order valence-electron chi connectivity index (χ0n) is 10.1. The highest BCUT2D eigenvalue weighted by Crippen LogP contribution is 2.32.